The molecule has 0 atom stereocenters. The van der Waals surface area contributed by atoms with Gasteiger partial charge in [0, 0.05) is 18.8 Å². The van der Waals surface area contributed by atoms with E-state index in [1.165, 1.54) is 56.9 Å². The van der Waals surface area contributed by atoms with E-state index >= 15 is 0 Å². The summed E-state index contributed by atoms with van der Waals surface area (Å²) in [6, 6.07) is 8.63. The van der Waals surface area contributed by atoms with Gasteiger partial charge in [-0.05, 0) is 36.0 Å². The molecule has 2 aromatic rings. The van der Waals surface area contributed by atoms with Crippen LogP contribution in [0, 0.1) is 0 Å². The second kappa shape index (κ2) is 12.6. The number of aromatic nitrogens is 2. The Hall–Kier alpha value is -2.10. The van der Waals surface area contributed by atoms with Crippen molar-refractivity contribution >= 4 is 17.3 Å². The van der Waals surface area contributed by atoms with E-state index in [2.05, 4.69) is 79.1 Å². The Bertz CT molecular complexity index is 689. The van der Waals surface area contributed by atoms with E-state index in [0.717, 1.165) is 30.4 Å². The van der Waals surface area contributed by atoms with E-state index in [9.17, 15) is 0 Å². The van der Waals surface area contributed by atoms with Gasteiger partial charge in [-0.3, -0.25) is 0 Å². The van der Waals surface area contributed by atoms with Gasteiger partial charge in [-0.15, -0.1) is 0 Å². The lowest BCUT2D eigenvalue weighted by Crippen LogP contribution is -2.27. The third kappa shape index (κ3) is 8.33. The molecule has 30 heavy (non-hydrogen) atoms. The number of rotatable bonds is 13. The Morgan fingerprint density at radius 3 is 1.73 bits per heavy atom. The van der Waals surface area contributed by atoms with E-state index in [1.807, 2.05) is 12.4 Å². The predicted octanol–water partition coefficient (Wildman–Crippen LogP) is 7.48. The molecule has 1 aromatic carbocycles. The summed E-state index contributed by atoms with van der Waals surface area (Å²) in [4.78, 5) is 11.7. The fraction of sp³-hybridized carbons (Fsp3) is 0.615. The summed E-state index contributed by atoms with van der Waals surface area (Å²) in [6.07, 6.45) is 14.0. The summed E-state index contributed by atoms with van der Waals surface area (Å²) in [5, 5.41) is 3.43. The van der Waals surface area contributed by atoms with Crippen molar-refractivity contribution < 1.29 is 0 Å². The number of benzene rings is 1. The predicted molar refractivity (Wildman–Crippen MR) is 131 cm³/mol. The lowest BCUT2D eigenvalue weighted by Gasteiger charge is -2.23. The summed E-state index contributed by atoms with van der Waals surface area (Å²) in [6.45, 7) is 13.3. The van der Waals surface area contributed by atoms with Crippen molar-refractivity contribution in [2.45, 2.75) is 91.4 Å². The van der Waals surface area contributed by atoms with Gasteiger partial charge in [0.2, 0.25) is 5.95 Å². The van der Waals surface area contributed by atoms with Gasteiger partial charge >= 0.3 is 0 Å². The number of hydrogen-bond acceptors (Lipinski definition) is 4. The second-order valence-electron chi connectivity index (χ2n) is 9.33. The molecule has 0 fully saturated rings. The minimum Gasteiger partial charge on any atom is -0.353 e. The van der Waals surface area contributed by atoms with Gasteiger partial charge in [0.15, 0.2) is 0 Å². The highest BCUT2D eigenvalue weighted by Crippen LogP contribution is 2.25. The van der Waals surface area contributed by atoms with E-state index < -0.39 is 0 Å². The number of anilines is 3. The highest BCUT2D eigenvalue weighted by atomic mass is 15.2. The summed E-state index contributed by atoms with van der Waals surface area (Å²) in [5.41, 5.74) is 3.50. The maximum atomic E-state index is 4.68. The maximum absolute atomic E-state index is 4.68. The fourth-order valence-corrected chi connectivity index (χ4v) is 3.54. The molecule has 0 spiro atoms. The normalized spacial score (nSPS) is 11.5. The molecule has 4 heteroatoms. The lowest BCUT2D eigenvalue weighted by atomic mass is 9.87. The summed E-state index contributed by atoms with van der Waals surface area (Å²) in [7, 11) is 0. The Morgan fingerprint density at radius 2 is 1.27 bits per heavy atom. The van der Waals surface area contributed by atoms with Crippen LogP contribution in [0.3, 0.4) is 0 Å². The quantitative estimate of drug-likeness (QED) is 0.347. The molecular weight excluding hydrogens is 368 g/mol. The standard InChI is InChI=1S/C26H42N4/c1-6-8-10-12-18-30(19-13-11-9-7-2)25-27-20-24(21-28-25)29-23-16-14-22(15-17-23)26(3,4)5/h14-17,20-21,29H,6-13,18-19H2,1-5H3. The van der Waals surface area contributed by atoms with E-state index in [-0.39, 0.29) is 5.41 Å². The van der Waals surface area contributed by atoms with Gasteiger partial charge in [-0.25, -0.2) is 9.97 Å². The van der Waals surface area contributed by atoms with Crippen LogP contribution in [0.5, 0.6) is 0 Å². The van der Waals surface area contributed by atoms with Crippen molar-refractivity contribution in [3.8, 4) is 0 Å². The van der Waals surface area contributed by atoms with Gasteiger partial charge in [0.1, 0.15) is 0 Å². The fourth-order valence-electron chi connectivity index (χ4n) is 3.54. The van der Waals surface area contributed by atoms with Crippen molar-refractivity contribution in [2.75, 3.05) is 23.3 Å². The highest BCUT2D eigenvalue weighted by molar-refractivity contribution is 5.59. The van der Waals surface area contributed by atoms with Gasteiger partial charge in [0.25, 0.3) is 0 Å². The molecule has 0 saturated carbocycles. The average molecular weight is 411 g/mol. The molecular formula is C26H42N4. The van der Waals surface area contributed by atoms with Crippen molar-refractivity contribution in [2.24, 2.45) is 0 Å². The molecule has 1 N–H and O–H groups in total. The zero-order valence-corrected chi connectivity index (χ0v) is 19.9. The minimum atomic E-state index is 0.168. The maximum Gasteiger partial charge on any atom is 0.225 e. The average Bonchev–Trinajstić information content (AvgIpc) is 2.73. The first kappa shape index (κ1) is 24.2. The van der Waals surface area contributed by atoms with Gasteiger partial charge in [0.05, 0.1) is 18.1 Å². The van der Waals surface area contributed by atoms with Crippen molar-refractivity contribution in [3.63, 3.8) is 0 Å². The first-order valence-corrected chi connectivity index (χ1v) is 11.9. The molecule has 0 unspecified atom stereocenters. The molecule has 0 saturated heterocycles. The lowest BCUT2D eigenvalue weighted by molar-refractivity contribution is 0.590. The van der Waals surface area contributed by atoms with Crippen LogP contribution in [0.25, 0.3) is 0 Å². The molecule has 0 amide bonds. The van der Waals surface area contributed by atoms with Gasteiger partial charge in [-0.1, -0.05) is 85.3 Å². The van der Waals surface area contributed by atoms with Crippen LogP contribution >= 0.6 is 0 Å². The second-order valence-corrected chi connectivity index (χ2v) is 9.33. The van der Waals surface area contributed by atoms with E-state index in [0.29, 0.717) is 0 Å². The number of unbranched alkanes of at least 4 members (excludes halogenated alkanes) is 6. The third-order valence-electron chi connectivity index (χ3n) is 5.52. The first-order chi connectivity index (χ1) is 14.4. The Morgan fingerprint density at radius 1 is 0.733 bits per heavy atom. The molecule has 0 aliphatic heterocycles. The van der Waals surface area contributed by atoms with Crippen LogP contribution in [0.15, 0.2) is 36.7 Å². The van der Waals surface area contributed by atoms with Crippen LogP contribution in [-0.4, -0.2) is 23.1 Å². The Kier molecular flexibility index (Phi) is 10.1. The third-order valence-corrected chi connectivity index (χ3v) is 5.52. The van der Waals surface area contributed by atoms with Crippen LogP contribution in [0.2, 0.25) is 0 Å². The van der Waals surface area contributed by atoms with Crippen LogP contribution in [0.1, 0.15) is 91.5 Å². The van der Waals surface area contributed by atoms with Crippen LogP contribution in [-0.2, 0) is 5.41 Å². The molecule has 0 bridgehead atoms. The van der Waals surface area contributed by atoms with Crippen LogP contribution in [0.4, 0.5) is 17.3 Å². The first-order valence-electron chi connectivity index (χ1n) is 11.9. The zero-order valence-electron chi connectivity index (χ0n) is 19.9. The molecule has 0 aliphatic rings. The van der Waals surface area contributed by atoms with Crippen molar-refractivity contribution in [1.82, 2.24) is 9.97 Å². The Balaban J connectivity index is 1.98. The SMILES string of the molecule is CCCCCCN(CCCCCC)c1ncc(Nc2ccc(C(C)(C)C)cc2)cn1. The molecule has 1 heterocycles. The minimum absolute atomic E-state index is 0.168. The number of hydrogen-bond donors (Lipinski definition) is 1. The molecule has 0 radical (unpaired) electrons. The Labute approximate surface area is 184 Å². The van der Waals surface area contributed by atoms with E-state index in [1.54, 1.807) is 0 Å². The number of nitrogens with one attached hydrogen (secondary N) is 1. The van der Waals surface area contributed by atoms with Crippen LogP contribution < -0.4 is 10.2 Å². The molecule has 2 rings (SSSR count). The van der Waals surface area contributed by atoms with Gasteiger partial charge in [-0.2, -0.15) is 0 Å². The highest BCUT2D eigenvalue weighted by Gasteiger charge is 2.13. The van der Waals surface area contributed by atoms with Gasteiger partial charge < -0.3 is 10.2 Å². The monoisotopic (exact) mass is 410 g/mol. The summed E-state index contributed by atoms with van der Waals surface area (Å²) in [5.74, 6) is 0.858. The molecule has 4 nitrogen and oxygen atoms in total. The zero-order chi connectivity index (χ0) is 21.8. The molecule has 0 aliphatic carbocycles. The largest absolute Gasteiger partial charge is 0.353 e. The van der Waals surface area contributed by atoms with Crippen molar-refractivity contribution in [3.05, 3.63) is 42.2 Å². The summed E-state index contributed by atoms with van der Waals surface area (Å²) < 4.78 is 0. The smallest absolute Gasteiger partial charge is 0.225 e. The molecule has 166 valence electrons. The molecule has 1 aromatic heterocycles. The summed E-state index contributed by atoms with van der Waals surface area (Å²) >= 11 is 0. The van der Waals surface area contributed by atoms with Crippen molar-refractivity contribution in [1.29, 1.82) is 0 Å². The van der Waals surface area contributed by atoms with E-state index in [4.69, 9.17) is 0 Å². The number of nitrogens with zero attached hydrogens (tertiary/aromatic N) is 3. The topological polar surface area (TPSA) is 41.1 Å².